The molecule has 2 aromatic carbocycles. The summed E-state index contributed by atoms with van der Waals surface area (Å²) >= 11 is 1.29. The van der Waals surface area contributed by atoms with Crippen LogP contribution in [0.5, 0.6) is 5.75 Å². The molecule has 0 saturated carbocycles. The van der Waals surface area contributed by atoms with Crippen molar-refractivity contribution in [2.45, 2.75) is 31.5 Å². The highest BCUT2D eigenvalue weighted by Gasteiger charge is 2.34. The van der Waals surface area contributed by atoms with Crippen molar-refractivity contribution in [3.05, 3.63) is 58.7 Å². The molecular weight excluding hydrogens is 309 g/mol. The summed E-state index contributed by atoms with van der Waals surface area (Å²) in [5, 5.41) is 0. The van der Waals surface area contributed by atoms with Crippen molar-refractivity contribution in [1.29, 1.82) is 0 Å². The van der Waals surface area contributed by atoms with Gasteiger partial charge in [0.25, 0.3) is 0 Å². The van der Waals surface area contributed by atoms with E-state index in [1.54, 1.807) is 12.3 Å². The Bertz CT molecular complexity index is 665. The van der Waals surface area contributed by atoms with Crippen LogP contribution < -0.4 is 4.74 Å². The lowest BCUT2D eigenvalue weighted by molar-refractivity contribution is -0.138. The van der Waals surface area contributed by atoms with E-state index in [2.05, 4.69) is 0 Å². The topological polar surface area (TPSA) is 9.23 Å². The number of rotatable bonds is 4. The first-order chi connectivity index (χ1) is 10.3. The van der Waals surface area contributed by atoms with Crippen LogP contribution in [0.3, 0.4) is 0 Å². The maximum atomic E-state index is 13.2. The molecule has 0 spiro atoms. The van der Waals surface area contributed by atoms with Crippen molar-refractivity contribution in [1.82, 2.24) is 0 Å². The molecule has 0 aliphatic carbocycles. The number of benzene rings is 2. The Hall–Kier alpha value is -1.62. The third-order valence-electron chi connectivity index (χ3n) is 3.37. The Kier molecular flexibility index (Phi) is 5.06. The quantitative estimate of drug-likeness (QED) is 0.674. The number of halogens is 3. The fraction of sp³-hybridized carbons (Fsp3) is 0.294. The van der Waals surface area contributed by atoms with Gasteiger partial charge in [0, 0.05) is 10.5 Å². The number of aryl methyl sites for hydroxylation is 2. The van der Waals surface area contributed by atoms with E-state index in [1.165, 1.54) is 17.8 Å². The molecule has 1 nitrogen and oxygen atoms in total. The van der Waals surface area contributed by atoms with Crippen molar-refractivity contribution in [3.8, 4) is 5.75 Å². The second-order valence-corrected chi connectivity index (χ2v) is 5.89. The number of hydrogen-bond donors (Lipinski definition) is 0. The average Bonchev–Trinajstić information content (AvgIpc) is 2.46. The highest BCUT2D eigenvalue weighted by atomic mass is 32.2. The standard InChI is InChI=1S/C17H17F3OS/c1-11-7-8-12(2)15(9-11)21-10-13-14(17(18,19)20)5-4-6-16(13)22-3/h4-9H,10H2,1-3H3. The third kappa shape index (κ3) is 3.77. The van der Waals surface area contributed by atoms with Gasteiger partial charge in [0.2, 0.25) is 0 Å². The molecular formula is C17H17F3OS. The van der Waals surface area contributed by atoms with Crippen LogP contribution in [0, 0.1) is 13.8 Å². The van der Waals surface area contributed by atoms with Crippen molar-refractivity contribution >= 4 is 11.8 Å². The minimum atomic E-state index is -4.38. The van der Waals surface area contributed by atoms with Crippen LogP contribution in [0.1, 0.15) is 22.3 Å². The summed E-state index contributed by atoms with van der Waals surface area (Å²) in [6.07, 6.45) is -2.62. The van der Waals surface area contributed by atoms with Gasteiger partial charge in [-0.3, -0.25) is 0 Å². The molecule has 0 amide bonds. The lowest BCUT2D eigenvalue weighted by Gasteiger charge is -2.17. The summed E-state index contributed by atoms with van der Waals surface area (Å²) in [6.45, 7) is 3.69. The maximum absolute atomic E-state index is 13.2. The van der Waals surface area contributed by atoms with Gasteiger partial charge < -0.3 is 4.74 Å². The predicted octanol–water partition coefficient (Wildman–Crippen LogP) is 5.62. The van der Waals surface area contributed by atoms with E-state index in [-0.39, 0.29) is 12.2 Å². The van der Waals surface area contributed by atoms with E-state index >= 15 is 0 Å². The van der Waals surface area contributed by atoms with Crippen LogP contribution >= 0.6 is 11.8 Å². The lowest BCUT2D eigenvalue weighted by Crippen LogP contribution is -2.12. The molecule has 5 heteroatoms. The molecule has 0 radical (unpaired) electrons. The summed E-state index contributed by atoms with van der Waals surface area (Å²) in [5.41, 5.74) is 1.46. The van der Waals surface area contributed by atoms with E-state index < -0.39 is 11.7 Å². The van der Waals surface area contributed by atoms with Crippen LogP contribution in [0.4, 0.5) is 13.2 Å². The molecule has 0 N–H and O–H groups in total. The molecule has 0 heterocycles. The molecule has 0 fully saturated rings. The zero-order valence-corrected chi connectivity index (χ0v) is 13.4. The van der Waals surface area contributed by atoms with Crippen LogP contribution in [-0.4, -0.2) is 6.26 Å². The summed E-state index contributed by atoms with van der Waals surface area (Å²) in [7, 11) is 0. The van der Waals surface area contributed by atoms with Gasteiger partial charge in [-0.15, -0.1) is 11.8 Å². The van der Waals surface area contributed by atoms with Gasteiger partial charge in [0.05, 0.1) is 5.56 Å². The zero-order valence-electron chi connectivity index (χ0n) is 12.6. The van der Waals surface area contributed by atoms with Gasteiger partial charge in [0.15, 0.2) is 0 Å². The molecule has 0 aliphatic rings. The smallest absolute Gasteiger partial charge is 0.416 e. The van der Waals surface area contributed by atoms with Gasteiger partial charge >= 0.3 is 6.18 Å². The van der Waals surface area contributed by atoms with Crippen molar-refractivity contribution in [3.63, 3.8) is 0 Å². The zero-order chi connectivity index (χ0) is 16.3. The van der Waals surface area contributed by atoms with Crippen molar-refractivity contribution in [2.24, 2.45) is 0 Å². The van der Waals surface area contributed by atoms with Gasteiger partial charge in [-0.05, 0) is 49.4 Å². The summed E-state index contributed by atoms with van der Waals surface area (Å²) in [5.74, 6) is 0.615. The molecule has 0 aromatic heterocycles. The molecule has 0 unspecified atom stereocenters. The monoisotopic (exact) mass is 326 g/mol. The summed E-state index contributed by atoms with van der Waals surface area (Å²) in [6, 6.07) is 9.89. The van der Waals surface area contributed by atoms with E-state index in [4.69, 9.17) is 4.74 Å². The summed E-state index contributed by atoms with van der Waals surface area (Å²) < 4.78 is 45.2. The Morgan fingerprint density at radius 2 is 1.82 bits per heavy atom. The SMILES string of the molecule is CSc1cccc(C(F)(F)F)c1COc1cc(C)ccc1C. The molecule has 2 rings (SSSR count). The minimum absolute atomic E-state index is 0.101. The lowest BCUT2D eigenvalue weighted by atomic mass is 10.1. The summed E-state index contributed by atoms with van der Waals surface area (Å²) in [4.78, 5) is 0.583. The molecule has 0 saturated heterocycles. The first-order valence-corrected chi connectivity index (χ1v) is 7.98. The molecule has 22 heavy (non-hydrogen) atoms. The van der Waals surface area contributed by atoms with Crippen molar-refractivity contribution in [2.75, 3.05) is 6.26 Å². The molecule has 0 bridgehead atoms. The highest BCUT2D eigenvalue weighted by molar-refractivity contribution is 7.98. The predicted molar refractivity (Wildman–Crippen MR) is 83.5 cm³/mol. The molecule has 0 aliphatic heterocycles. The Labute approximate surface area is 132 Å². The Morgan fingerprint density at radius 3 is 2.45 bits per heavy atom. The van der Waals surface area contributed by atoms with Gasteiger partial charge in [-0.1, -0.05) is 18.2 Å². The van der Waals surface area contributed by atoms with Gasteiger partial charge in [-0.2, -0.15) is 13.2 Å². The Balaban J connectivity index is 2.34. The second-order valence-electron chi connectivity index (χ2n) is 5.04. The first kappa shape index (κ1) is 16.7. The molecule has 0 atom stereocenters. The normalized spacial score (nSPS) is 11.5. The van der Waals surface area contributed by atoms with Gasteiger partial charge in [-0.25, -0.2) is 0 Å². The van der Waals surface area contributed by atoms with Crippen LogP contribution in [0.25, 0.3) is 0 Å². The average molecular weight is 326 g/mol. The maximum Gasteiger partial charge on any atom is 0.416 e. The number of alkyl halides is 3. The molecule has 2 aromatic rings. The van der Waals surface area contributed by atoms with E-state index in [0.717, 1.165) is 17.2 Å². The van der Waals surface area contributed by atoms with E-state index in [1.807, 2.05) is 32.0 Å². The second kappa shape index (κ2) is 6.65. The largest absolute Gasteiger partial charge is 0.489 e. The number of thioether (sulfide) groups is 1. The molecule has 118 valence electrons. The first-order valence-electron chi connectivity index (χ1n) is 6.76. The number of ether oxygens (including phenoxy) is 1. The fourth-order valence-electron chi connectivity index (χ4n) is 2.18. The Morgan fingerprint density at radius 1 is 1.09 bits per heavy atom. The fourth-order valence-corrected chi connectivity index (χ4v) is 2.81. The highest BCUT2D eigenvalue weighted by Crippen LogP contribution is 2.36. The van der Waals surface area contributed by atoms with E-state index in [0.29, 0.717) is 10.6 Å². The number of hydrogen-bond acceptors (Lipinski definition) is 2. The minimum Gasteiger partial charge on any atom is -0.489 e. The van der Waals surface area contributed by atoms with Crippen LogP contribution in [0.2, 0.25) is 0 Å². The van der Waals surface area contributed by atoms with Crippen LogP contribution in [-0.2, 0) is 12.8 Å². The van der Waals surface area contributed by atoms with Crippen molar-refractivity contribution < 1.29 is 17.9 Å². The third-order valence-corrected chi connectivity index (χ3v) is 4.20. The van der Waals surface area contributed by atoms with E-state index in [9.17, 15) is 13.2 Å². The van der Waals surface area contributed by atoms with Gasteiger partial charge in [0.1, 0.15) is 12.4 Å². The van der Waals surface area contributed by atoms with Crippen LogP contribution in [0.15, 0.2) is 41.3 Å².